The molecule has 0 bridgehead atoms. The summed E-state index contributed by atoms with van der Waals surface area (Å²) in [6.07, 6.45) is 1.61. The predicted molar refractivity (Wildman–Crippen MR) is 80.7 cm³/mol. The molecule has 0 saturated carbocycles. The zero-order valence-corrected chi connectivity index (χ0v) is 11.9. The third-order valence-corrected chi connectivity index (χ3v) is 3.64. The molecule has 3 nitrogen and oxygen atoms in total. The normalized spacial score (nSPS) is 11.4. The monoisotopic (exact) mass is 258 g/mol. The summed E-state index contributed by atoms with van der Waals surface area (Å²) in [5, 5.41) is 1.14. The number of nitrogens with two attached hydrogens (primary N) is 1. The van der Waals surface area contributed by atoms with E-state index < -0.39 is 0 Å². The van der Waals surface area contributed by atoms with Crippen LogP contribution in [0.25, 0.3) is 10.9 Å². The second-order valence-electron chi connectivity index (χ2n) is 5.40. The van der Waals surface area contributed by atoms with Crippen molar-refractivity contribution in [1.29, 1.82) is 0 Å². The third kappa shape index (κ3) is 2.71. The Balaban J connectivity index is 2.60. The zero-order valence-electron chi connectivity index (χ0n) is 11.9. The van der Waals surface area contributed by atoms with Crippen LogP contribution in [-0.2, 0) is 13.5 Å². The smallest absolute Gasteiger partial charge is 0.253 e. The van der Waals surface area contributed by atoms with Crippen molar-refractivity contribution < 1.29 is 0 Å². The van der Waals surface area contributed by atoms with E-state index in [2.05, 4.69) is 26.0 Å². The molecule has 0 atom stereocenters. The van der Waals surface area contributed by atoms with Crippen LogP contribution in [0.2, 0.25) is 0 Å². The molecule has 0 spiro atoms. The lowest BCUT2D eigenvalue weighted by atomic mass is 9.99. The Labute approximate surface area is 114 Å². The molecule has 1 heterocycles. The number of hydrogen-bond donors (Lipinski definition) is 1. The molecule has 1 aromatic carbocycles. The topological polar surface area (TPSA) is 48.0 Å². The summed E-state index contributed by atoms with van der Waals surface area (Å²) in [6, 6.07) is 8.36. The lowest BCUT2D eigenvalue weighted by Gasteiger charge is -2.11. The van der Waals surface area contributed by atoms with E-state index in [9.17, 15) is 4.79 Å². The lowest BCUT2D eigenvalue weighted by Crippen LogP contribution is -2.22. The fraction of sp³-hybridized carbons (Fsp3) is 0.438. The average Bonchev–Trinajstić information content (AvgIpc) is 2.40. The molecule has 0 fully saturated rings. The van der Waals surface area contributed by atoms with Crippen LogP contribution in [0.4, 0.5) is 0 Å². The van der Waals surface area contributed by atoms with Crippen LogP contribution >= 0.6 is 0 Å². The number of pyridine rings is 1. The number of aryl methyl sites for hydroxylation is 2. The molecule has 0 radical (unpaired) electrons. The van der Waals surface area contributed by atoms with E-state index >= 15 is 0 Å². The summed E-state index contributed by atoms with van der Waals surface area (Å²) in [5.74, 6) is 0.495. The molecule has 0 aliphatic rings. The Morgan fingerprint density at radius 2 is 2.00 bits per heavy atom. The van der Waals surface area contributed by atoms with Gasteiger partial charge in [-0.25, -0.2) is 0 Å². The molecular formula is C16H22N2O. The fourth-order valence-corrected chi connectivity index (χ4v) is 2.40. The second kappa shape index (κ2) is 5.57. The highest BCUT2D eigenvalue weighted by molar-refractivity contribution is 5.80. The molecule has 0 aliphatic heterocycles. The van der Waals surface area contributed by atoms with Crippen LogP contribution in [0.15, 0.2) is 29.1 Å². The molecule has 2 rings (SSSR count). The highest BCUT2D eigenvalue weighted by Gasteiger charge is 2.08. The van der Waals surface area contributed by atoms with Gasteiger partial charge in [0.2, 0.25) is 0 Å². The molecule has 3 heteroatoms. The Bertz CT molecular complexity index is 641. The average molecular weight is 258 g/mol. The second-order valence-corrected chi connectivity index (χ2v) is 5.40. The minimum Gasteiger partial charge on any atom is -0.330 e. The Morgan fingerprint density at radius 1 is 1.26 bits per heavy atom. The van der Waals surface area contributed by atoms with Gasteiger partial charge in [0, 0.05) is 12.6 Å². The van der Waals surface area contributed by atoms with E-state index in [0.29, 0.717) is 12.5 Å². The maximum absolute atomic E-state index is 12.2. The van der Waals surface area contributed by atoms with Crippen LogP contribution in [-0.4, -0.2) is 11.1 Å². The molecule has 1 aromatic heterocycles. The summed E-state index contributed by atoms with van der Waals surface area (Å²) in [7, 11) is 1.84. The molecule has 0 aliphatic carbocycles. The van der Waals surface area contributed by atoms with Crippen LogP contribution in [0.1, 0.15) is 37.3 Å². The van der Waals surface area contributed by atoms with E-state index in [1.165, 1.54) is 5.56 Å². The first kappa shape index (κ1) is 13.8. The number of nitrogens with zero attached hydrogens (tertiary/aromatic N) is 1. The maximum Gasteiger partial charge on any atom is 0.253 e. The number of aromatic nitrogens is 1. The van der Waals surface area contributed by atoms with Gasteiger partial charge in [0.15, 0.2) is 0 Å². The number of rotatable bonds is 4. The number of hydrogen-bond acceptors (Lipinski definition) is 2. The minimum absolute atomic E-state index is 0.0956. The number of benzene rings is 1. The molecule has 2 aromatic rings. The zero-order chi connectivity index (χ0) is 14.0. The number of fused-ring (bicyclic) bond motifs is 1. The Hall–Kier alpha value is -1.61. The van der Waals surface area contributed by atoms with E-state index in [1.807, 2.05) is 19.2 Å². The van der Waals surface area contributed by atoms with Crippen molar-refractivity contribution in [3.63, 3.8) is 0 Å². The Morgan fingerprint density at radius 3 is 2.63 bits per heavy atom. The summed E-state index contributed by atoms with van der Waals surface area (Å²) in [4.78, 5) is 12.2. The van der Waals surface area contributed by atoms with Gasteiger partial charge in [-0.1, -0.05) is 19.9 Å². The minimum atomic E-state index is 0.0956. The third-order valence-electron chi connectivity index (χ3n) is 3.64. The van der Waals surface area contributed by atoms with Gasteiger partial charge >= 0.3 is 0 Å². The van der Waals surface area contributed by atoms with Crippen molar-refractivity contribution in [3.05, 3.63) is 45.7 Å². The van der Waals surface area contributed by atoms with Crippen LogP contribution < -0.4 is 11.3 Å². The van der Waals surface area contributed by atoms with Gasteiger partial charge in [-0.3, -0.25) is 4.79 Å². The van der Waals surface area contributed by atoms with Gasteiger partial charge in [0.05, 0.1) is 5.52 Å². The molecule has 0 saturated heterocycles. The molecule has 2 N–H and O–H groups in total. The molecular weight excluding hydrogens is 236 g/mol. The van der Waals surface area contributed by atoms with Crippen molar-refractivity contribution in [3.8, 4) is 0 Å². The van der Waals surface area contributed by atoms with E-state index in [4.69, 9.17) is 5.73 Å². The van der Waals surface area contributed by atoms with E-state index in [-0.39, 0.29) is 5.56 Å². The quantitative estimate of drug-likeness (QED) is 0.916. The van der Waals surface area contributed by atoms with E-state index in [1.54, 1.807) is 4.57 Å². The van der Waals surface area contributed by atoms with Crippen LogP contribution in [0.5, 0.6) is 0 Å². The molecule has 0 amide bonds. The lowest BCUT2D eigenvalue weighted by molar-refractivity contribution is 0.798. The van der Waals surface area contributed by atoms with Crippen molar-refractivity contribution in [2.75, 3.05) is 6.54 Å². The fourth-order valence-electron chi connectivity index (χ4n) is 2.40. The highest BCUT2D eigenvalue weighted by Crippen LogP contribution is 2.21. The van der Waals surface area contributed by atoms with Gasteiger partial charge in [0.25, 0.3) is 5.56 Å². The first-order valence-corrected chi connectivity index (χ1v) is 6.87. The molecule has 102 valence electrons. The van der Waals surface area contributed by atoms with Crippen LogP contribution in [0, 0.1) is 0 Å². The summed E-state index contributed by atoms with van der Waals surface area (Å²) < 4.78 is 1.74. The van der Waals surface area contributed by atoms with Gasteiger partial charge in [-0.2, -0.15) is 0 Å². The largest absolute Gasteiger partial charge is 0.330 e. The molecule has 19 heavy (non-hydrogen) atoms. The van der Waals surface area contributed by atoms with Crippen molar-refractivity contribution in [2.45, 2.75) is 32.6 Å². The standard InChI is InChI=1S/C16H22N2O/c1-11(2)12-6-7-15-14(9-12)10-13(5-4-8-17)16(19)18(15)3/h6-7,9-11H,4-5,8,17H2,1-3H3. The van der Waals surface area contributed by atoms with Gasteiger partial charge in [-0.15, -0.1) is 0 Å². The molecule has 0 unspecified atom stereocenters. The SMILES string of the molecule is CC(C)c1ccc2c(c1)cc(CCCN)c(=O)n2C. The summed E-state index contributed by atoms with van der Waals surface area (Å²) in [5.41, 5.74) is 8.78. The first-order chi connectivity index (χ1) is 9.04. The Kier molecular flexibility index (Phi) is 4.05. The summed E-state index contributed by atoms with van der Waals surface area (Å²) >= 11 is 0. The highest BCUT2D eigenvalue weighted by atomic mass is 16.1. The van der Waals surface area contributed by atoms with Crippen molar-refractivity contribution in [1.82, 2.24) is 4.57 Å². The first-order valence-electron chi connectivity index (χ1n) is 6.87. The van der Waals surface area contributed by atoms with Gasteiger partial charge in [0.1, 0.15) is 0 Å². The van der Waals surface area contributed by atoms with Gasteiger partial charge < -0.3 is 10.3 Å². The van der Waals surface area contributed by atoms with Crippen LogP contribution in [0.3, 0.4) is 0 Å². The van der Waals surface area contributed by atoms with Crippen molar-refractivity contribution >= 4 is 10.9 Å². The predicted octanol–water partition coefficient (Wildman–Crippen LogP) is 2.55. The van der Waals surface area contributed by atoms with Crippen molar-refractivity contribution in [2.24, 2.45) is 12.8 Å². The van der Waals surface area contributed by atoms with Gasteiger partial charge in [-0.05, 0) is 54.5 Å². The summed E-state index contributed by atoms with van der Waals surface area (Å²) in [6.45, 7) is 4.98. The maximum atomic E-state index is 12.2. The van der Waals surface area contributed by atoms with E-state index in [0.717, 1.165) is 29.3 Å².